The van der Waals surface area contributed by atoms with E-state index in [0.717, 1.165) is 11.1 Å². The summed E-state index contributed by atoms with van der Waals surface area (Å²) in [5.41, 5.74) is 1.83. The van der Waals surface area contributed by atoms with E-state index < -0.39 is 11.0 Å². The van der Waals surface area contributed by atoms with Gasteiger partial charge in [0.2, 0.25) is 11.8 Å². The van der Waals surface area contributed by atoms with E-state index in [1.165, 1.54) is 11.0 Å². The topological polar surface area (TPSA) is 92.6 Å². The van der Waals surface area contributed by atoms with Gasteiger partial charge in [-0.15, -0.1) is 0 Å². The van der Waals surface area contributed by atoms with E-state index in [0.29, 0.717) is 23.6 Å². The zero-order valence-electron chi connectivity index (χ0n) is 20.4. The van der Waals surface area contributed by atoms with Crippen molar-refractivity contribution in [3.63, 3.8) is 0 Å². The smallest absolute Gasteiger partial charge is 0.273 e. The summed E-state index contributed by atoms with van der Waals surface area (Å²) in [6.45, 7) is 4.59. The van der Waals surface area contributed by atoms with Crippen molar-refractivity contribution < 1.29 is 14.5 Å². The molecule has 0 aromatic heterocycles. The molecule has 3 aromatic carbocycles. The Balaban J connectivity index is 2.00. The number of hydrogen-bond acceptors (Lipinski definition) is 4. The third-order valence-electron chi connectivity index (χ3n) is 5.73. The molecule has 2 amide bonds. The molecule has 3 aromatic rings. The summed E-state index contributed by atoms with van der Waals surface area (Å²) in [6.07, 6.45) is 0.0917. The van der Waals surface area contributed by atoms with Crippen LogP contribution >= 0.6 is 11.6 Å². The van der Waals surface area contributed by atoms with E-state index in [9.17, 15) is 19.7 Å². The van der Waals surface area contributed by atoms with Crippen molar-refractivity contribution in [2.24, 2.45) is 5.92 Å². The molecule has 0 radical (unpaired) electrons. The van der Waals surface area contributed by atoms with Gasteiger partial charge in [-0.25, -0.2) is 0 Å². The zero-order valence-corrected chi connectivity index (χ0v) is 21.1. The van der Waals surface area contributed by atoms with Gasteiger partial charge in [-0.1, -0.05) is 86.1 Å². The molecule has 3 rings (SSSR count). The normalized spacial score (nSPS) is 11.7. The number of carbonyl (C=O) groups excluding carboxylic acids is 2. The third kappa shape index (κ3) is 7.65. The number of rotatable bonds is 11. The number of nitrogens with zero attached hydrogens (tertiary/aromatic N) is 2. The first-order valence-electron chi connectivity index (χ1n) is 11.8. The summed E-state index contributed by atoms with van der Waals surface area (Å²) in [5, 5.41) is 15.0. The fourth-order valence-corrected chi connectivity index (χ4v) is 4.12. The number of nitrogens with one attached hydrogen (secondary N) is 1. The summed E-state index contributed by atoms with van der Waals surface area (Å²) >= 11 is 6.19. The van der Waals surface area contributed by atoms with Crippen LogP contribution < -0.4 is 5.32 Å². The Morgan fingerprint density at radius 1 is 0.972 bits per heavy atom. The minimum atomic E-state index is -0.819. The number of hydrogen-bond donors (Lipinski definition) is 1. The molecule has 0 fully saturated rings. The second-order valence-corrected chi connectivity index (χ2v) is 9.50. The molecule has 1 atom stereocenters. The Morgan fingerprint density at radius 2 is 1.64 bits per heavy atom. The first-order valence-corrected chi connectivity index (χ1v) is 12.2. The van der Waals surface area contributed by atoms with Crippen molar-refractivity contribution in [3.05, 3.63) is 111 Å². The summed E-state index contributed by atoms with van der Waals surface area (Å²) in [7, 11) is 0. The van der Waals surface area contributed by atoms with Crippen LogP contribution in [0.2, 0.25) is 5.02 Å². The van der Waals surface area contributed by atoms with Crippen molar-refractivity contribution in [2.45, 2.75) is 39.3 Å². The lowest BCUT2D eigenvalue weighted by atomic mass is 10.0. The monoisotopic (exact) mass is 507 g/mol. The molecule has 0 bridgehead atoms. The van der Waals surface area contributed by atoms with Crippen molar-refractivity contribution in [2.75, 3.05) is 6.54 Å². The molecule has 1 N–H and O–H groups in total. The van der Waals surface area contributed by atoms with Gasteiger partial charge < -0.3 is 10.2 Å². The quantitative estimate of drug-likeness (QED) is 0.285. The molecule has 0 aliphatic heterocycles. The highest BCUT2D eigenvalue weighted by atomic mass is 35.5. The SMILES string of the molecule is CC(C)CNC(=O)C(Cc1ccccc1)N(Cc1cccc(Cl)c1)C(=O)Cc1ccccc1[N+](=O)[O-]. The third-order valence-corrected chi connectivity index (χ3v) is 5.96. The Hall–Kier alpha value is -3.71. The van der Waals surface area contributed by atoms with E-state index >= 15 is 0 Å². The van der Waals surface area contributed by atoms with Crippen LogP contribution in [0.3, 0.4) is 0 Å². The molecule has 0 spiro atoms. The molecule has 0 heterocycles. The number of nitro groups is 1. The maximum atomic E-state index is 13.7. The van der Waals surface area contributed by atoms with Crippen molar-refractivity contribution >= 4 is 29.1 Å². The predicted octanol–water partition coefficient (Wildman–Crippen LogP) is 5.20. The predicted molar refractivity (Wildman–Crippen MR) is 141 cm³/mol. The molecule has 1 unspecified atom stereocenters. The molecule has 36 heavy (non-hydrogen) atoms. The maximum Gasteiger partial charge on any atom is 0.273 e. The molecule has 0 aliphatic carbocycles. The van der Waals surface area contributed by atoms with Gasteiger partial charge in [0, 0.05) is 36.2 Å². The highest BCUT2D eigenvalue weighted by Crippen LogP contribution is 2.22. The Morgan fingerprint density at radius 3 is 2.31 bits per heavy atom. The first kappa shape index (κ1) is 26.9. The second kappa shape index (κ2) is 12.8. The highest BCUT2D eigenvalue weighted by Gasteiger charge is 2.31. The maximum absolute atomic E-state index is 13.7. The summed E-state index contributed by atoms with van der Waals surface area (Å²) in [4.78, 5) is 39.7. The Bertz CT molecular complexity index is 1200. The molecule has 0 aliphatic rings. The van der Waals surface area contributed by atoms with Crippen LogP contribution in [0.15, 0.2) is 78.9 Å². The fraction of sp³-hybridized carbons (Fsp3) is 0.286. The van der Waals surface area contributed by atoms with Crippen LogP contribution in [0.1, 0.15) is 30.5 Å². The number of carbonyl (C=O) groups is 2. The zero-order chi connectivity index (χ0) is 26.1. The van der Waals surface area contributed by atoms with Gasteiger partial charge in [0.05, 0.1) is 11.3 Å². The molecule has 0 saturated heterocycles. The van der Waals surface area contributed by atoms with Gasteiger partial charge in [-0.2, -0.15) is 0 Å². The number of halogens is 1. The van der Waals surface area contributed by atoms with Crippen molar-refractivity contribution in [3.8, 4) is 0 Å². The van der Waals surface area contributed by atoms with Crippen LogP contribution in [-0.2, 0) is 29.0 Å². The average molecular weight is 508 g/mol. The van der Waals surface area contributed by atoms with Gasteiger partial charge in [0.25, 0.3) is 5.69 Å². The minimum Gasteiger partial charge on any atom is -0.354 e. The molecule has 188 valence electrons. The van der Waals surface area contributed by atoms with Gasteiger partial charge in [0.1, 0.15) is 6.04 Å². The molecular weight excluding hydrogens is 478 g/mol. The van der Waals surface area contributed by atoms with Crippen molar-refractivity contribution in [1.29, 1.82) is 0 Å². The molecule has 8 heteroatoms. The van der Waals surface area contributed by atoms with Gasteiger partial charge in [-0.05, 0) is 29.2 Å². The van der Waals surface area contributed by atoms with Gasteiger partial charge >= 0.3 is 0 Å². The lowest BCUT2D eigenvalue weighted by molar-refractivity contribution is -0.385. The number of para-hydroxylation sites is 1. The second-order valence-electron chi connectivity index (χ2n) is 9.06. The fourth-order valence-electron chi connectivity index (χ4n) is 3.91. The molecule has 0 saturated carbocycles. The minimum absolute atomic E-state index is 0.127. The number of benzene rings is 3. The summed E-state index contributed by atoms with van der Waals surface area (Å²) in [6, 6.07) is 21.9. The number of amides is 2. The van der Waals surface area contributed by atoms with Crippen LogP contribution in [-0.4, -0.2) is 34.2 Å². The van der Waals surface area contributed by atoms with E-state index in [4.69, 9.17) is 11.6 Å². The van der Waals surface area contributed by atoms with Crippen molar-refractivity contribution in [1.82, 2.24) is 10.2 Å². The van der Waals surface area contributed by atoms with Gasteiger partial charge in [-0.3, -0.25) is 19.7 Å². The molecule has 7 nitrogen and oxygen atoms in total. The Kier molecular flexibility index (Phi) is 9.59. The number of nitro benzene ring substituents is 1. The van der Waals surface area contributed by atoms with Gasteiger partial charge in [0.15, 0.2) is 0 Å². The standard InChI is InChI=1S/C28H30ClN3O4/c1-20(2)18-30-28(34)26(16-21-9-4-3-5-10-21)31(19-22-11-8-13-24(29)15-22)27(33)17-23-12-6-7-14-25(23)32(35)36/h3-15,20,26H,16-19H2,1-2H3,(H,30,34). The average Bonchev–Trinajstić information content (AvgIpc) is 2.85. The summed E-state index contributed by atoms with van der Waals surface area (Å²) < 4.78 is 0. The van der Waals surface area contributed by atoms with Crippen LogP contribution in [0.4, 0.5) is 5.69 Å². The summed E-state index contributed by atoms with van der Waals surface area (Å²) in [5.74, 6) is -0.425. The lowest BCUT2D eigenvalue weighted by Crippen LogP contribution is -2.51. The van der Waals surface area contributed by atoms with E-state index in [-0.39, 0.29) is 36.4 Å². The molecular formula is C28H30ClN3O4. The first-order chi connectivity index (χ1) is 17.2. The van der Waals surface area contributed by atoms with Crippen LogP contribution in [0, 0.1) is 16.0 Å². The van der Waals surface area contributed by atoms with Crippen LogP contribution in [0.5, 0.6) is 0 Å². The van der Waals surface area contributed by atoms with E-state index in [1.54, 1.807) is 36.4 Å². The largest absolute Gasteiger partial charge is 0.354 e. The van der Waals surface area contributed by atoms with E-state index in [1.807, 2.05) is 50.2 Å². The lowest BCUT2D eigenvalue weighted by Gasteiger charge is -2.32. The van der Waals surface area contributed by atoms with Crippen LogP contribution in [0.25, 0.3) is 0 Å². The van der Waals surface area contributed by atoms with E-state index in [2.05, 4.69) is 5.32 Å². The Labute approximate surface area is 216 Å². The highest BCUT2D eigenvalue weighted by molar-refractivity contribution is 6.30.